The molecule has 0 radical (unpaired) electrons. The molecule has 1 aromatic carbocycles. The minimum atomic E-state index is 0.304. The van der Waals surface area contributed by atoms with Crippen LogP contribution < -0.4 is 0 Å². The number of Topliss-reactive ketones (excluding diaryl/α,β-unsaturated/α-hetero) is 1. The van der Waals surface area contributed by atoms with Crippen molar-refractivity contribution in [1.29, 1.82) is 0 Å². The summed E-state index contributed by atoms with van der Waals surface area (Å²) in [6, 6.07) is 5.77. The van der Waals surface area contributed by atoms with E-state index in [4.69, 9.17) is 11.6 Å². The maximum absolute atomic E-state index is 11.5. The highest BCUT2D eigenvalue weighted by molar-refractivity contribution is 9.10. The van der Waals surface area contributed by atoms with E-state index in [1.807, 2.05) is 18.2 Å². The Morgan fingerprint density at radius 2 is 2.06 bits per heavy atom. The fourth-order valence-electron chi connectivity index (χ4n) is 1.39. The van der Waals surface area contributed by atoms with Crippen molar-refractivity contribution in [2.24, 2.45) is 0 Å². The third-order valence-electron chi connectivity index (χ3n) is 2.28. The number of hydrogen-bond acceptors (Lipinski definition) is 1. The third kappa shape index (κ3) is 4.98. The van der Waals surface area contributed by atoms with Gasteiger partial charge >= 0.3 is 0 Å². The number of rotatable bonds is 6. The highest BCUT2D eigenvalue weighted by Crippen LogP contribution is 2.22. The molecule has 0 aromatic heterocycles. The van der Waals surface area contributed by atoms with Crippen LogP contribution in [0.3, 0.4) is 0 Å². The summed E-state index contributed by atoms with van der Waals surface area (Å²) in [7, 11) is 0. The van der Waals surface area contributed by atoms with Gasteiger partial charge in [0.15, 0.2) is 0 Å². The van der Waals surface area contributed by atoms with Gasteiger partial charge in [0.2, 0.25) is 0 Å². The van der Waals surface area contributed by atoms with Crippen molar-refractivity contribution < 1.29 is 4.79 Å². The lowest BCUT2D eigenvalue weighted by Gasteiger charge is -2.04. The van der Waals surface area contributed by atoms with Crippen molar-refractivity contribution in [3.63, 3.8) is 0 Å². The summed E-state index contributed by atoms with van der Waals surface area (Å²) in [4.78, 5) is 11.5. The SMILES string of the molecule is O=C(CCCBr)CCc1ccc(Br)cc1Cl. The normalized spacial score (nSPS) is 10.4. The van der Waals surface area contributed by atoms with E-state index in [1.54, 1.807) is 0 Å². The van der Waals surface area contributed by atoms with Crippen LogP contribution in [-0.2, 0) is 11.2 Å². The molecule has 0 atom stereocenters. The van der Waals surface area contributed by atoms with Crippen molar-refractivity contribution in [2.45, 2.75) is 25.7 Å². The second-order valence-corrected chi connectivity index (χ2v) is 5.68. The van der Waals surface area contributed by atoms with E-state index < -0.39 is 0 Å². The Hall–Kier alpha value is 0.140. The van der Waals surface area contributed by atoms with Crippen LogP contribution in [0, 0.1) is 0 Å². The first kappa shape index (κ1) is 14.2. The van der Waals surface area contributed by atoms with Crippen LogP contribution in [-0.4, -0.2) is 11.1 Å². The summed E-state index contributed by atoms with van der Waals surface area (Å²) in [6.07, 6.45) is 2.87. The number of carbonyl (C=O) groups is 1. The average Bonchev–Trinajstić information content (AvgIpc) is 2.25. The highest BCUT2D eigenvalue weighted by Gasteiger charge is 2.05. The summed E-state index contributed by atoms with van der Waals surface area (Å²) < 4.78 is 0.965. The van der Waals surface area contributed by atoms with Gasteiger partial charge in [-0.15, -0.1) is 0 Å². The molecular formula is C12H13Br2ClO. The topological polar surface area (TPSA) is 17.1 Å². The second kappa shape index (κ2) is 7.46. The van der Waals surface area contributed by atoms with E-state index in [0.717, 1.165) is 33.2 Å². The fraction of sp³-hybridized carbons (Fsp3) is 0.417. The Kier molecular flexibility index (Phi) is 6.62. The van der Waals surface area contributed by atoms with Crippen LogP contribution in [0.4, 0.5) is 0 Å². The number of alkyl halides is 1. The zero-order valence-corrected chi connectivity index (χ0v) is 12.7. The van der Waals surface area contributed by atoms with E-state index in [2.05, 4.69) is 31.9 Å². The van der Waals surface area contributed by atoms with Gasteiger partial charge in [0, 0.05) is 27.7 Å². The van der Waals surface area contributed by atoms with E-state index in [1.165, 1.54) is 0 Å². The summed E-state index contributed by atoms with van der Waals surface area (Å²) >= 11 is 12.7. The molecule has 0 aliphatic heterocycles. The molecule has 0 saturated carbocycles. The molecule has 0 aliphatic carbocycles. The monoisotopic (exact) mass is 366 g/mol. The molecule has 1 nitrogen and oxygen atoms in total. The molecule has 1 aromatic rings. The molecule has 0 N–H and O–H groups in total. The molecule has 1 rings (SSSR count). The summed E-state index contributed by atoms with van der Waals surface area (Å²) in [5.74, 6) is 0.304. The minimum absolute atomic E-state index is 0.304. The smallest absolute Gasteiger partial charge is 0.133 e. The summed E-state index contributed by atoms with van der Waals surface area (Å²) in [5.41, 5.74) is 1.04. The lowest BCUT2D eigenvalue weighted by Crippen LogP contribution is -2.00. The lowest BCUT2D eigenvalue weighted by molar-refractivity contribution is -0.119. The van der Waals surface area contributed by atoms with Crippen LogP contribution >= 0.6 is 43.5 Å². The van der Waals surface area contributed by atoms with E-state index >= 15 is 0 Å². The quantitative estimate of drug-likeness (QED) is 0.661. The average molecular weight is 368 g/mol. The first-order valence-corrected chi connectivity index (χ1v) is 7.44. The van der Waals surface area contributed by atoms with Crippen LogP contribution in [0.5, 0.6) is 0 Å². The van der Waals surface area contributed by atoms with Gasteiger partial charge in [0.1, 0.15) is 5.78 Å². The molecule has 4 heteroatoms. The molecule has 0 aliphatic rings. The second-order valence-electron chi connectivity index (χ2n) is 3.57. The van der Waals surface area contributed by atoms with E-state index in [0.29, 0.717) is 18.6 Å². The Labute approximate surface area is 118 Å². The highest BCUT2D eigenvalue weighted by atomic mass is 79.9. The zero-order chi connectivity index (χ0) is 12.0. The molecule has 0 fully saturated rings. The van der Waals surface area contributed by atoms with Crippen molar-refractivity contribution in [3.05, 3.63) is 33.3 Å². The number of hydrogen-bond donors (Lipinski definition) is 0. The van der Waals surface area contributed by atoms with Gasteiger partial charge in [-0.25, -0.2) is 0 Å². The molecule has 0 bridgehead atoms. The Morgan fingerprint density at radius 3 is 2.69 bits per heavy atom. The standard InChI is InChI=1S/C12H13Br2ClO/c13-7-1-2-11(16)6-4-9-3-5-10(14)8-12(9)15/h3,5,8H,1-2,4,6-7H2. The van der Waals surface area contributed by atoms with Crippen molar-refractivity contribution in [1.82, 2.24) is 0 Å². The fourth-order valence-corrected chi connectivity index (χ4v) is 2.44. The first-order valence-electron chi connectivity index (χ1n) is 5.15. The molecule has 16 heavy (non-hydrogen) atoms. The van der Waals surface area contributed by atoms with Gasteiger partial charge in [-0.2, -0.15) is 0 Å². The van der Waals surface area contributed by atoms with Gasteiger partial charge in [-0.3, -0.25) is 4.79 Å². The first-order chi connectivity index (χ1) is 7.63. The third-order valence-corrected chi connectivity index (χ3v) is 3.68. The number of benzene rings is 1. The van der Waals surface area contributed by atoms with Crippen LogP contribution in [0.15, 0.2) is 22.7 Å². The Morgan fingerprint density at radius 1 is 1.31 bits per heavy atom. The lowest BCUT2D eigenvalue weighted by atomic mass is 10.1. The number of carbonyl (C=O) groups excluding carboxylic acids is 1. The predicted octanol–water partition coefficient (Wildman–Crippen LogP) is 4.78. The number of halogens is 3. The van der Waals surface area contributed by atoms with E-state index in [-0.39, 0.29) is 0 Å². The molecule has 0 saturated heterocycles. The number of aryl methyl sites for hydroxylation is 1. The molecule has 0 unspecified atom stereocenters. The van der Waals surface area contributed by atoms with Gasteiger partial charge in [0.25, 0.3) is 0 Å². The molecular weight excluding hydrogens is 355 g/mol. The van der Waals surface area contributed by atoms with Gasteiger partial charge in [0.05, 0.1) is 0 Å². The van der Waals surface area contributed by atoms with Gasteiger partial charge < -0.3 is 0 Å². The molecule has 88 valence electrons. The summed E-state index contributed by atoms with van der Waals surface area (Å²) in [6.45, 7) is 0. The van der Waals surface area contributed by atoms with Crippen molar-refractivity contribution in [3.8, 4) is 0 Å². The number of ketones is 1. The van der Waals surface area contributed by atoms with Gasteiger partial charge in [-0.05, 0) is 30.5 Å². The Bertz CT molecular complexity index is 366. The maximum atomic E-state index is 11.5. The largest absolute Gasteiger partial charge is 0.300 e. The molecule has 0 heterocycles. The molecule has 0 amide bonds. The van der Waals surface area contributed by atoms with Crippen molar-refractivity contribution in [2.75, 3.05) is 5.33 Å². The zero-order valence-electron chi connectivity index (χ0n) is 8.81. The van der Waals surface area contributed by atoms with Crippen LogP contribution in [0.1, 0.15) is 24.8 Å². The Balaban J connectivity index is 2.45. The van der Waals surface area contributed by atoms with E-state index in [9.17, 15) is 4.79 Å². The van der Waals surface area contributed by atoms with Gasteiger partial charge in [-0.1, -0.05) is 49.5 Å². The van der Waals surface area contributed by atoms with Crippen LogP contribution in [0.2, 0.25) is 5.02 Å². The summed E-state index contributed by atoms with van der Waals surface area (Å²) in [5, 5.41) is 1.61. The van der Waals surface area contributed by atoms with Crippen LogP contribution in [0.25, 0.3) is 0 Å². The predicted molar refractivity (Wildman–Crippen MR) is 75.5 cm³/mol. The maximum Gasteiger partial charge on any atom is 0.133 e. The van der Waals surface area contributed by atoms with Crippen molar-refractivity contribution >= 4 is 49.2 Å². The molecule has 0 spiro atoms. The minimum Gasteiger partial charge on any atom is -0.300 e.